The van der Waals surface area contributed by atoms with Crippen molar-refractivity contribution in [3.63, 3.8) is 0 Å². The Labute approximate surface area is 114 Å². The number of nitrogens with one attached hydrogen (secondary N) is 2. The first-order valence-electron chi connectivity index (χ1n) is 5.51. The molecule has 2 rings (SSSR count). The van der Waals surface area contributed by atoms with Crippen molar-refractivity contribution in [3.8, 4) is 0 Å². The third-order valence-electron chi connectivity index (χ3n) is 2.47. The molecule has 1 aromatic heterocycles. The Kier molecular flexibility index (Phi) is 3.97. The number of nitrogens with zero attached hydrogens (tertiary/aromatic N) is 1. The largest absolute Gasteiger partial charge is 0.372 e. The molecule has 6 heteroatoms. The molecule has 0 aliphatic carbocycles. The average molecular weight is 280 g/mol. The minimum absolute atomic E-state index is 0.0697. The van der Waals surface area contributed by atoms with Crippen LogP contribution in [0.4, 0.5) is 15.9 Å². The van der Waals surface area contributed by atoms with Gasteiger partial charge in [-0.15, -0.1) is 0 Å². The second-order valence-electron chi connectivity index (χ2n) is 3.73. The molecule has 98 valence electrons. The van der Waals surface area contributed by atoms with Crippen LogP contribution in [0.1, 0.15) is 10.4 Å². The average Bonchev–Trinajstić information content (AvgIpc) is 2.41. The van der Waals surface area contributed by atoms with Crippen molar-refractivity contribution in [1.29, 1.82) is 0 Å². The lowest BCUT2D eigenvalue weighted by Gasteiger charge is -2.09. The quantitative estimate of drug-likeness (QED) is 0.907. The molecular formula is C13H11ClFN3O. The number of anilines is 2. The number of rotatable bonds is 3. The van der Waals surface area contributed by atoms with Crippen LogP contribution in [0.3, 0.4) is 0 Å². The van der Waals surface area contributed by atoms with E-state index in [2.05, 4.69) is 15.6 Å². The Morgan fingerprint density at radius 3 is 2.84 bits per heavy atom. The highest BCUT2D eigenvalue weighted by Gasteiger charge is 2.13. The van der Waals surface area contributed by atoms with Gasteiger partial charge in [-0.2, -0.15) is 0 Å². The molecule has 0 spiro atoms. The number of carbonyl (C=O) groups is 1. The first-order chi connectivity index (χ1) is 9.11. The highest BCUT2D eigenvalue weighted by Crippen LogP contribution is 2.20. The lowest BCUT2D eigenvalue weighted by Crippen LogP contribution is -2.15. The number of carbonyl (C=O) groups excluding carboxylic acids is 1. The zero-order valence-corrected chi connectivity index (χ0v) is 10.8. The SMILES string of the molecule is CNc1ncccc1C(=O)Nc1ccc(Cl)cc1F. The Morgan fingerprint density at radius 2 is 2.16 bits per heavy atom. The molecule has 0 saturated carbocycles. The summed E-state index contributed by atoms with van der Waals surface area (Å²) in [6, 6.07) is 7.28. The van der Waals surface area contributed by atoms with Crippen molar-refractivity contribution in [2.75, 3.05) is 17.7 Å². The lowest BCUT2D eigenvalue weighted by atomic mass is 10.2. The summed E-state index contributed by atoms with van der Waals surface area (Å²) in [4.78, 5) is 16.0. The Hall–Kier alpha value is -2.14. The van der Waals surface area contributed by atoms with Crippen LogP contribution in [0.25, 0.3) is 0 Å². The smallest absolute Gasteiger partial charge is 0.259 e. The molecule has 2 N–H and O–H groups in total. The first-order valence-corrected chi connectivity index (χ1v) is 5.89. The van der Waals surface area contributed by atoms with Crippen molar-refractivity contribution in [3.05, 3.63) is 52.9 Å². The zero-order valence-electron chi connectivity index (χ0n) is 10.1. The van der Waals surface area contributed by atoms with Crippen molar-refractivity contribution in [2.45, 2.75) is 0 Å². The summed E-state index contributed by atoms with van der Waals surface area (Å²) in [5.41, 5.74) is 0.402. The predicted molar refractivity (Wildman–Crippen MR) is 73.1 cm³/mol. The standard InChI is InChI=1S/C13H11ClFN3O/c1-16-12-9(3-2-6-17-12)13(19)18-11-5-4-8(14)7-10(11)15/h2-7H,1H3,(H,16,17)(H,18,19). The Bertz CT molecular complexity index is 619. The van der Waals surface area contributed by atoms with Crippen LogP contribution in [0.15, 0.2) is 36.5 Å². The molecule has 1 amide bonds. The number of hydrogen-bond donors (Lipinski definition) is 2. The van der Waals surface area contributed by atoms with E-state index in [0.29, 0.717) is 11.4 Å². The summed E-state index contributed by atoms with van der Waals surface area (Å²) in [5, 5.41) is 5.55. The molecule has 4 nitrogen and oxygen atoms in total. The highest BCUT2D eigenvalue weighted by atomic mass is 35.5. The van der Waals surface area contributed by atoms with Gasteiger partial charge in [0.25, 0.3) is 5.91 Å². The van der Waals surface area contributed by atoms with Gasteiger partial charge in [0.1, 0.15) is 11.6 Å². The second kappa shape index (κ2) is 5.67. The predicted octanol–water partition coefficient (Wildman–Crippen LogP) is 3.17. The van der Waals surface area contributed by atoms with Gasteiger partial charge in [-0.25, -0.2) is 9.37 Å². The summed E-state index contributed by atoms with van der Waals surface area (Å²) in [6.07, 6.45) is 1.56. The molecule has 0 atom stereocenters. The molecule has 19 heavy (non-hydrogen) atoms. The van der Waals surface area contributed by atoms with Gasteiger partial charge < -0.3 is 10.6 Å². The molecule has 0 fully saturated rings. The fourth-order valence-corrected chi connectivity index (χ4v) is 1.73. The normalized spacial score (nSPS) is 10.1. The van der Waals surface area contributed by atoms with Gasteiger partial charge in [0.05, 0.1) is 11.3 Å². The molecule has 0 saturated heterocycles. The van der Waals surface area contributed by atoms with E-state index in [0.717, 1.165) is 6.07 Å². The van der Waals surface area contributed by atoms with Crippen molar-refractivity contribution < 1.29 is 9.18 Å². The molecule has 0 bridgehead atoms. The summed E-state index contributed by atoms with van der Waals surface area (Å²) in [5.74, 6) is -0.608. The van der Waals surface area contributed by atoms with E-state index in [1.165, 1.54) is 12.1 Å². The molecule has 0 radical (unpaired) electrons. The zero-order chi connectivity index (χ0) is 13.8. The molecule has 1 aromatic carbocycles. The van der Waals surface area contributed by atoms with E-state index in [1.54, 1.807) is 25.4 Å². The summed E-state index contributed by atoms with van der Waals surface area (Å²) >= 11 is 5.65. The van der Waals surface area contributed by atoms with Crippen LogP contribution in [-0.4, -0.2) is 17.9 Å². The summed E-state index contributed by atoms with van der Waals surface area (Å²) < 4.78 is 13.6. The van der Waals surface area contributed by atoms with Crippen LogP contribution in [0, 0.1) is 5.82 Å². The van der Waals surface area contributed by atoms with Crippen molar-refractivity contribution in [1.82, 2.24) is 4.98 Å². The van der Waals surface area contributed by atoms with Crippen LogP contribution in [-0.2, 0) is 0 Å². The van der Waals surface area contributed by atoms with E-state index in [-0.39, 0.29) is 10.7 Å². The number of pyridine rings is 1. The van der Waals surface area contributed by atoms with Crippen molar-refractivity contribution in [2.24, 2.45) is 0 Å². The fourth-order valence-electron chi connectivity index (χ4n) is 1.57. The van der Waals surface area contributed by atoms with E-state index >= 15 is 0 Å². The minimum Gasteiger partial charge on any atom is -0.372 e. The molecule has 0 unspecified atom stereocenters. The third-order valence-corrected chi connectivity index (χ3v) is 2.70. The van der Waals surface area contributed by atoms with E-state index in [9.17, 15) is 9.18 Å². The van der Waals surface area contributed by atoms with Crippen LogP contribution < -0.4 is 10.6 Å². The lowest BCUT2D eigenvalue weighted by molar-refractivity contribution is 0.102. The summed E-state index contributed by atoms with van der Waals surface area (Å²) in [7, 11) is 1.65. The number of halogens is 2. The number of aromatic nitrogens is 1. The maximum atomic E-state index is 13.6. The molecule has 1 heterocycles. The van der Waals surface area contributed by atoms with Gasteiger partial charge in [-0.3, -0.25) is 4.79 Å². The van der Waals surface area contributed by atoms with Crippen molar-refractivity contribution >= 4 is 29.0 Å². The van der Waals surface area contributed by atoms with E-state index in [1.807, 2.05) is 0 Å². The van der Waals surface area contributed by atoms with Gasteiger partial charge in [0.15, 0.2) is 0 Å². The summed E-state index contributed by atoms with van der Waals surface area (Å²) in [6.45, 7) is 0. The highest BCUT2D eigenvalue weighted by molar-refractivity contribution is 6.30. The van der Waals surface area contributed by atoms with Gasteiger partial charge >= 0.3 is 0 Å². The first kappa shape index (κ1) is 13.3. The minimum atomic E-state index is -0.587. The number of hydrogen-bond acceptors (Lipinski definition) is 3. The number of benzene rings is 1. The Balaban J connectivity index is 2.26. The van der Waals surface area contributed by atoms with Crippen LogP contribution >= 0.6 is 11.6 Å². The molecule has 0 aliphatic rings. The van der Waals surface area contributed by atoms with Gasteiger partial charge in [-0.1, -0.05) is 11.6 Å². The van der Waals surface area contributed by atoms with Gasteiger partial charge in [0.2, 0.25) is 0 Å². The van der Waals surface area contributed by atoms with E-state index < -0.39 is 11.7 Å². The third kappa shape index (κ3) is 3.00. The van der Waals surface area contributed by atoms with Crippen LogP contribution in [0.5, 0.6) is 0 Å². The maximum Gasteiger partial charge on any atom is 0.259 e. The molecule has 2 aromatic rings. The van der Waals surface area contributed by atoms with Crippen LogP contribution in [0.2, 0.25) is 5.02 Å². The maximum absolute atomic E-state index is 13.6. The topological polar surface area (TPSA) is 54.0 Å². The monoisotopic (exact) mass is 279 g/mol. The Morgan fingerprint density at radius 1 is 1.37 bits per heavy atom. The van der Waals surface area contributed by atoms with Gasteiger partial charge in [-0.05, 0) is 30.3 Å². The van der Waals surface area contributed by atoms with E-state index in [4.69, 9.17) is 11.6 Å². The second-order valence-corrected chi connectivity index (χ2v) is 4.16. The molecular weight excluding hydrogens is 269 g/mol. The number of amides is 1. The molecule has 0 aliphatic heterocycles. The fraction of sp³-hybridized carbons (Fsp3) is 0.0769. The van der Waals surface area contributed by atoms with Gasteiger partial charge in [0, 0.05) is 18.3 Å².